The number of hydrogen-bond acceptors (Lipinski definition) is 2. The molecule has 0 atom stereocenters. The van der Waals surface area contributed by atoms with E-state index >= 15 is 0 Å². The molecule has 0 N–H and O–H groups in total. The molecule has 0 radical (unpaired) electrons. The van der Waals surface area contributed by atoms with Gasteiger partial charge in [-0.25, -0.2) is 4.98 Å². The van der Waals surface area contributed by atoms with Crippen LogP contribution in [0.2, 0.25) is 0 Å². The summed E-state index contributed by atoms with van der Waals surface area (Å²) in [5, 5.41) is 3.42. The van der Waals surface area contributed by atoms with Crippen LogP contribution in [0.1, 0.15) is 5.56 Å². The van der Waals surface area contributed by atoms with Crippen LogP contribution in [0.15, 0.2) is 23.7 Å². The zero-order valence-electron chi connectivity index (χ0n) is 5.66. The minimum absolute atomic E-state index is 1.14. The standard InChI is InChI=1S/C8H7NS/c1-6-5-10-8-7(6)3-2-4-9-8/h2-5H,1H3. The number of aromatic nitrogens is 1. The maximum atomic E-state index is 4.22. The summed E-state index contributed by atoms with van der Waals surface area (Å²) in [6, 6.07) is 4.08. The van der Waals surface area contributed by atoms with Gasteiger partial charge in [-0.2, -0.15) is 0 Å². The van der Waals surface area contributed by atoms with Gasteiger partial charge in [-0.05, 0) is 23.9 Å². The first kappa shape index (κ1) is 5.86. The molecule has 2 heterocycles. The highest BCUT2D eigenvalue weighted by Crippen LogP contribution is 2.21. The summed E-state index contributed by atoms with van der Waals surface area (Å²) >= 11 is 1.70. The Kier molecular flexibility index (Phi) is 1.21. The molecule has 50 valence electrons. The van der Waals surface area contributed by atoms with Gasteiger partial charge < -0.3 is 0 Å². The van der Waals surface area contributed by atoms with Gasteiger partial charge in [-0.1, -0.05) is 6.07 Å². The van der Waals surface area contributed by atoms with Gasteiger partial charge in [0.1, 0.15) is 4.83 Å². The van der Waals surface area contributed by atoms with Crippen molar-refractivity contribution in [2.75, 3.05) is 0 Å². The molecule has 0 saturated carbocycles. The van der Waals surface area contributed by atoms with Crippen molar-refractivity contribution in [2.24, 2.45) is 0 Å². The molecule has 2 heteroatoms. The fourth-order valence-corrected chi connectivity index (χ4v) is 1.89. The second-order valence-corrected chi connectivity index (χ2v) is 3.13. The van der Waals surface area contributed by atoms with Crippen molar-refractivity contribution < 1.29 is 0 Å². The second-order valence-electron chi connectivity index (χ2n) is 2.27. The van der Waals surface area contributed by atoms with E-state index in [0.717, 1.165) is 4.83 Å². The first-order chi connectivity index (χ1) is 4.88. The third kappa shape index (κ3) is 0.727. The van der Waals surface area contributed by atoms with E-state index in [0.29, 0.717) is 0 Å². The molecule has 0 aromatic carbocycles. The lowest BCUT2D eigenvalue weighted by molar-refractivity contribution is 1.44. The molecule has 2 aromatic heterocycles. The fourth-order valence-electron chi connectivity index (χ4n) is 0.993. The predicted octanol–water partition coefficient (Wildman–Crippen LogP) is 2.60. The van der Waals surface area contributed by atoms with E-state index in [-0.39, 0.29) is 0 Å². The van der Waals surface area contributed by atoms with Crippen molar-refractivity contribution in [1.29, 1.82) is 0 Å². The molecule has 0 amide bonds. The quantitative estimate of drug-likeness (QED) is 0.561. The molecule has 0 aliphatic rings. The number of aryl methyl sites for hydroxylation is 1. The lowest BCUT2D eigenvalue weighted by Gasteiger charge is -1.86. The van der Waals surface area contributed by atoms with E-state index in [2.05, 4.69) is 23.4 Å². The summed E-state index contributed by atoms with van der Waals surface area (Å²) in [5.74, 6) is 0. The molecular weight excluding hydrogens is 142 g/mol. The zero-order chi connectivity index (χ0) is 6.97. The summed E-state index contributed by atoms with van der Waals surface area (Å²) in [7, 11) is 0. The van der Waals surface area contributed by atoms with Crippen molar-refractivity contribution in [2.45, 2.75) is 6.92 Å². The topological polar surface area (TPSA) is 12.9 Å². The Morgan fingerprint density at radius 2 is 2.40 bits per heavy atom. The van der Waals surface area contributed by atoms with Crippen LogP contribution in [0.4, 0.5) is 0 Å². The average molecular weight is 149 g/mol. The molecule has 2 rings (SSSR count). The van der Waals surface area contributed by atoms with Crippen molar-refractivity contribution in [3.05, 3.63) is 29.3 Å². The van der Waals surface area contributed by atoms with Crippen LogP contribution < -0.4 is 0 Å². The summed E-state index contributed by atoms with van der Waals surface area (Å²) in [6.07, 6.45) is 1.83. The second kappa shape index (κ2) is 2.06. The number of rotatable bonds is 0. The van der Waals surface area contributed by atoms with E-state index < -0.39 is 0 Å². The smallest absolute Gasteiger partial charge is 0.123 e. The molecule has 2 aromatic rings. The Bertz CT molecular complexity index is 351. The van der Waals surface area contributed by atoms with Gasteiger partial charge in [0.2, 0.25) is 0 Å². The van der Waals surface area contributed by atoms with Crippen LogP contribution in [0.3, 0.4) is 0 Å². The lowest BCUT2D eigenvalue weighted by atomic mass is 10.2. The first-order valence-electron chi connectivity index (χ1n) is 3.17. The van der Waals surface area contributed by atoms with Gasteiger partial charge >= 0.3 is 0 Å². The number of hydrogen-bond donors (Lipinski definition) is 0. The predicted molar refractivity (Wildman–Crippen MR) is 44.4 cm³/mol. The van der Waals surface area contributed by atoms with Crippen molar-refractivity contribution in [1.82, 2.24) is 4.98 Å². The molecule has 0 fully saturated rings. The third-order valence-corrected chi connectivity index (χ3v) is 2.56. The van der Waals surface area contributed by atoms with E-state index in [1.807, 2.05) is 12.3 Å². The van der Waals surface area contributed by atoms with Crippen LogP contribution in [-0.4, -0.2) is 4.98 Å². The minimum Gasteiger partial charge on any atom is -0.245 e. The Hall–Kier alpha value is -0.890. The van der Waals surface area contributed by atoms with Gasteiger partial charge in [0.05, 0.1) is 0 Å². The zero-order valence-corrected chi connectivity index (χ0v) is 6.48. The van der Waals surface area contributed by atoms with Gasteiger partial charge in [0, 0.05) is 11.6 Å². The van der Waals surface area contributed by atoms with Crippen LogP contribution in [0.25, 0.3) is 10.2 Å². The molecule has 1 nitrogen and oxygen atoms in total. The Labute approximate surface area is 63.3 Å². The molecule has 0 bridgehead atoms. The van der Waals surface area contributed by atoms with Crippen LogP contribution in [0, 0.1) is 6.92 Å². The molecule has 0 aliphatic carbocycles. The number of thiophene rings is 1. The molecular formula is C8H7NS. The van der Waals surface area contributed by atoms with Gasteiger partial charge in [0.15, 0.2) is 0 Å². The first-order valence-corrected chi connectivity index (χ1v) is 4.05. The molecule has 0 saturated heterocycles. The number of fused-ring (bicyclic) bond motifs is 1. The van der Waals surface area contributed by atoms with Crippen LogP contribution in [0.5, 0.6) is 0 Å². The van der Waals surface area contributed by atoms with Gasteiger partial charge in [-0.15, -0.1) is 11.3 Å². The lowest BCUT2D eigenvalue weighted by Crippen LogP contribution is -1.69. The summed E-state index contributed by atoms with van der Waals surface area (Å²) < 4.78 is 0. The highest BCUT2D eigenvalue weighted by atomic mass is 32.1. The summed E-state index contributed by atoms with van der Waals surface area (Å²) in [5.41, 5.74) is 1.33. The number of pyridine rings is 1. The van der Waals surface area contributed by atoms with E-state index in [4.69, 9.17) is 0 Å². The third-order valence-electron chi connectivity index (χ3n) is 1.54. The molecule has 0 spiro atoms. The van der Waals surface area contributed by atoms with Crippen molar-refractivity contribution >= 4 is 21.6 Å². The monoisotopic (exact) mass is 149 g/mol. The summed E-state index contributed by atoms with van der Waals surface area (Å²) in [6.45, 7) is 2.11. The minimum atomic E-state index is 1.14. The Balaban J connectivity index is 2.93. The Morgan fingerprint density at radius 3 is 3.20 bits per heavy atom. The van der Waals surface area contributed by atoms with E-state index in [1.54, 1.807) is 11.3 Å². The van der Waals surface area contributed by atoms with E-state index in [1.165, 1.54) is 10.9 Å². The maximum Gasteiger partial charge on any atom is 0.123 e. The number of nitrogens with zero attached hydrogens (tertiary/aromatic N) is 1. The average Bonchev–Trinajstić information content (AvgIpc) is 2.34. The fraction of sp³-hybridized carbons (Fsp3) is 0.125. The van der Waals surface area contributed by atoms with Crippen LogP contribution >= 0.6 is 11.3 Å². The maximum absolute atomic E-state index is 4.22. The molecule has 0 unspecified atom stereocenters. The highest BCUT2D eigenvalue weighted by molar-refractivity contribution is 7.16. The normalized spacial score (nSPS) is 10.5. The SMILES string of the molecule is Cc1csc2ncccc12. The van der Waals surface area contributed by atoms with Crippen molar-refractivity contribution in [3.8, 4) is 0 Å². The largest absolute Gasteiger partial charge is 0.245 e. The van der Waals surface area contributed by atoms with Gasteiger partial charge in [-0.3, -0.25) is 0 Å². The summed E-state index contributed by atoms with van der Waals surface area (Å²) in [4.78, 5) is 5.36. The highest BCUT2D eigenvalue weighted by Gasteiger charge is 1.96. The van der Waals surface area contributed by atoms with Crippen molar-refractivity contribution in [3.63, 3.8) is 0 Å². The van der Waals surface area contributed by atoms with E-state index in [9.17, 15) is 0 Å². The Morgan fingerprint density at radius 1 is 1.50 bits per heavy atom. The van der Waals surface area contributed by atoms with Crippen LogP contribution in [-0.2, 0) is 0 Å². The molecule has 0 aliphatic heterocycles. The van der Waals surface area contributed by atoms with Gasteiger partial charge in [0.25, 0.3) is 0 Å². The molecule has 10 heavy (non-hydrogen) atoms.